The van der Waals surface area contributed by atoms with Crippen molar-refractivity contribution in [1.82, 2.24) is 9.47 Å². The van der Waals surface area contributed by atoms with Gasteiger partial charge in [0.1, 0.15) is 0 Å². The molecule has 1 amide bonds. The van der Waals surface area contributed by atoms with E-state index in [4.69, 9.17) is 16.7 Å². The molecule has 1 aliphatic rings. The fraction of sp³-hybridized carbons (Fsp3) is 0.250. The molecular weight excluding hydrogens is 240 g/mol. The highest BCUT2D eigenvalue weighted by atomic mass is 35.5. The lowest BCUT2D eigenvalue weighted by Crippen LogP contribution is -2.36. The molecule has 1 aromatic carbocycles. The first-order chi connectivity index (χ1) is 8.15. The molecule has 1 aliphatic heterocycles. The van der Waals surface area contributed by atoms with Crippen LogP contribution in [-0.4, -0.2) is 27.2 Å². The number of hydrogen-bond donors (Lipinski definition) is 1. The van der Waals surface area contributed by atoms with Gasteiger partial charge >= 0.3 is 6.09 Å². The van der Waals surface area contributed by atoms with Crippen LogP contribution >= 0.6 is 11.6 Å². The van der Waals surface area contributed by atoms with Crippen LogP contribution in [0.5, 0.6) is 0 Å². The molecule has 88 valence electrons. The second kappa shape index (κ2) is 3.67. The molecule has 2 aromatic rings. The number of fused-ring (bicyclic) bond motifs is 3. The monoisotopic (exact) mass is 250 g/mol. The Morgan fingerprint density at radius 1 is 1.29 bits per heavy atom. The molecule has 4 nitrogen and oxygen atoms in total. The zero-order valence-electron chi connectivity index (χ0n) is 9.06. The van der Waals surface area contributed by atoms with Crippen LogP contribution in [0.25, 0.3) is 10.9 Å². The van der Waals surface area contributed by atoms with Crippen molar-refractivity contribution in [3.63, 3.8) is 0 Å². The van der Waals surface area contributed by atoms with E-state index in [1.165, 1.54) is 4.90 Å². The zero-order valence-corrected chi connectivity index (χ0v) is 9.81. The molecule has 17 heavy (non-hydrogen) atoms. The Labute approximate surface area is 103 Å². The van der Waals surface area contributed by atoms with Crippen LogP contribution in [0.15, 0.2) is 24.3 Å². The smallest absolute Gasteiger partial charge is 0.407 e. The van der Waals surface area contributed by atoms with Gasteiger partial charge in [0.25, 0.3) is 0 Å². The average Bonchev–Trinajstić information content (AvgIpc) is 2.64. The van der Waals surface area contributed by atoms with Crippen LogP contribution < -0.4 is 0 Å². The molecule has 0 radical (unpaired) electrons. The molecule has 2 heterocycles. The van der Waals surface area contributed by atoms with Gasteiger partial charge in [-0.1, -0.05) is 11.6 Å². The highest BCUT2D eigenvalue weighted by Gasteiger charge is 2.21. The van der Waals surface area contributed by atoms with E-state index in [9.17, 15) is 4.79 Å². The number of rotatable bonds is 0. The lowest BCUT2D eigenvalue weighted by Gasteiger charge is -2.26. The lowest BCUT2D eigenvalue weighted by atomic mass is 10.2. The first-order valence-corrected chi connectivity index (χ1v) is 5.78. The summed E-state index contributed by atoms with van der Waals surface area (Å²) in [6.07, 6.45) is -0.862. The van der Waals surface area contributed by atoms with E-state index in [2.05, 4.69) is 4.57 Å². The van der Waals surface area contributed by atoms with E-state index < -0.39 is 6.09 Å². The molecule has 1 N–H and O–H groups in total. The molecule has 3 rings (SSSR count). The zero-order chi connectivity index (χ0) is 12.0. The van der Waals surface area contributed by atoms with Gasteiger partial charge in [0, 0.05) is 34.7 Å². The Bertz CT molecular complexity index is 606. The van der Waals surface area contributed by atoms with E-state index in [-0.39, 0.29) is 0 Å². The molecule has 5 heteroatoms. The highest BCUT2D eigenvalue weighted by molar-refractivity contribution is 6.31. The SMILES string of the molecule is O=C(O)N1CCn2c(cc3cc(Cl)ccc32)C1. The van der Waals surface area contributed by atoms with Gasteiger partial charge in [-0.25, -0.2) is 4.79 Å². The molecule has 0 spiro atoms. The summed E-state index contributed by atoms with van der Waals surface area (Å²) in [7, 11) is 0. The summed E-state index contributed by atoms with van der Waals surface area (Å²) in [4.78, 5) is 12.4. The van der Waals surface area contributed by atoms with Crippen molar-refractivity contribution in [2.45, 2.75) is 13.1 Å². The van der Waals surface area contributed by atoms with Crippen LogP contribution in [0.4, 0.5) is 4.79 Å². The predicted molar refractivity (Wildman–Crippen MR) is 65.4 cm³/mol. The largest absolute Gasteiger partial charge is 0.465 e. The molecule has 0 saturated carbocycles. The maximum atomic E-state index is 10.9. The Morgan fingerprint density at radius 2 is 2.12 bits per heavy atom. The summed E-state index contributed by atoms with van der Waals surface area (Å²) in [5.74, 6) is 0. The van der Waals surface area contributed by atoms with Gasteiger partial charge < -0.3 is 14.6 Å². The number of carbonyl (C=O) groups is 1. The molecule has 0 saturated heterocycles. The van der Waals surface area contributed by atoms with Gasteiger partial charge in [0.15, 0.2) is 0 Å². The number of carboxylic acid groups (broad SMARTS) is 1. The Kier molecular flexibility index (Phi) is 2.26. The minimum Gasteiger partial charge on any atom is -0.465 e. The van der Waals surface area contributed by atoms with E-state index >= 15 is 0 Å². The number of aromatic nitrogens is 1. The third-order valence-corrected chi connectivity index (χ3v) is 3.40. The van der Waals surface area contributed by atoms with Crippen molar-refractivity contribution in [3.8, 4) is 0 Å². The van der Waals surface area contributed by atoms with Crippen molar-refractivity contribution >= 4 is 28.6 Å². The van der Waals surface area contributed by atoms with E-state index in [1.807, 2.05) is 24.3 Å². The highest BCUT2D eigenvalue weighted by Crippen LogP contribution is 2.26. The van der Waals surface area contributed by atoms with Gasteiger partial charge in [-0.3, -0.25) is 0 Å². The first-order valence-electron chi connectivity index (χ1n) is 5.41. The summed E-state index contributed by atoms with van der Waals surface area (Å²) in [6, 6.07) is 7.77. The summed E-state index contributed by atoms with van der Waals surface area (Å²) in [5.41, 5.74) is 2.14. The van der Waals surface area contributed by atoms with E-state index in [0.29, 0.717) is 24.7 Å². The molecule has 0 atom stereocenters. The van der Waals surface area contributed by atoms with E-state index in [0.717, 1.165) is 16.6 Å². The van der Waals surface area contributed by atoms with Gasteiger partial charge in [0.05, 0.1) is 6.54 Å². The minimum absolute atomic E-state index is 0.446. The van der Waals surface area contributed by atoms with Crippen LogP contribution in [0.3, 0.4) is 0 Å². The maximum Gasteiger partial charge on any atom is 0.407 e. The molecule has 0 fully saturated rings. The van der Waals surface area contributed by atoms with Crippen LogP contribution in [0, 0.1) is 0 Å². The number of hydrogen-bond acceptors (Lipinski definition) is 1. The van der Waals surface area contributed by atoms with Gasteiger partial charge in [-0.2, -0.15) is 0 Å². The van der Waals surface area contributed by atoms with Crippen molar-refractivity contribution in [1.29, 1.82) is 0 Å². The van der Waals surface area contributed by atoms with Crippen molar-refractivity contribution in [2.24, 2.45) is 0 Å². The van der Waals surface area contributed by atoms with Crippen molar-refractivity contribution in [3.05, 3.63) is 35.0 Å². The Balaban J connectivity index is 2.09. The Hall–Kier alpha value is -1.68. The fourth-order valence-electron chi connectivity index (χ4n) is 2.35. The normalized spacial score (nSPS) is 15.0. The quantitative estimate of drug-likeness (QED) is 0.781. The molecule has 0 bridgehead atoms. The summed E-state index contributed by atoms with van der Waals surface area (Å²) in [5, 5.41) is 10.8. The lowest BCUT2D eigenvalue weighted by molar-refractivity contribution is 0.133. The Morgan fingerprint density at radius 3 is 2.88 bits per heavy atom. The predicted octanol–water partition coefficient (Wildman–Crippen LogP) is 2.79. The minimum atomic E-state index is -0.862. The fourth-order valence-corrected chi connectivity index (χ4v) is 2.53. The van der Waals surface area contributed by atoms with Gasteiger partial charge in [-0.15, -0.1) is 0 Å². The number of nitrogens with zero attached hydrogens (tertiary/aromatic N) is 2. The topological polar surface area (TPSA) is 45.5 Å². The summed E-state index contributed by atoms with van der Waals surface area (Å²) in [6.45, 7) is 1.68. The molecule has 0 unspecified atom stereocenters. The number of benzene rings is 1. The first kappa shape index (κ1) is 10.5. The number of amides is 1. The second-order valence-corrected chi connectivity index (χ2v) is 4.63. The second-order valence-electron chi connectivity index (χ2n) is 4.19. The summed E-state index contributed by atoms with van der Waals surface area (Å²) >= 11 is 5.95. The van der Waals surface area contributed by atoms with Crippen molar-refractivity contribution < 1.29 is 9.90 Å². The maximum absolute atomic E-state index is 10.9. The molecular formula is C12H11ClN2O2. The molecule has 0 aliphatic carbocycles. The van der Waals surface area contributed by atoms with Crippen LogP contribution in [-0.2, 0) is 13.1 Å². The third-order valence-electron chi connectivity index (χ3n) is 3.17. The third kappa shape index (κ3) is 1.65. The van der Waals surface area contributed by atoms with Crippen LogP contribution in [0.2, 0.25) is 5.02 Å². The summed E-state index contributed by atoms with van der Waals surface area (Å²) < 4.78 is 2.16. The standard InChI is InChI=1S/C12H11ClN2O2/c13-9-1-2-11-8(5-9)6-10-7-14(12(16)17)3-4-15(10)11/h1-2,5-6H,3-4,7H2,(H,16,17). The average molecular weight is 251 g/mol. The van der Waals surface area contributed by atoms with Crippen LogP contribution in [0.1, 0.15) is 5.69 Å². The van der Waals surface area contributed by atoms with Gasteiger partial charge in [0.2, 0.25) is 0 Å². The number of halogens is 1. The molecule has 1 aromatic heterocycles. The van der Waals surface area contributed by atoms with Crippen molar-refractivity contribution in [2.75, 3.05) is 6.54 Å². The van der Waals surface area contributed by atoms with Gasteiger partial charge in [-0.05, 0) is 24.3 Å². The van der Waals surface area contributed by atoms with E-state index in [1.54, 1.807) is 0 Å².